The van der Waals surface area contributed by atoms with Crippen molar-refractivity contribution in [2.75, 3.05) is 5.32 Å². The van der Waals surface area contributed by atoms with Crippen LogP contribution in [0.4, 0.5) is 14.7 Å². The second kappa shape index (κ2) is 5.45. The molecule has 3 heterocycles. The van der Waals surface area contributed by atoms with Gasteiger partial charge >= 0.3 is 0 Å². The number of nitrogens with zero attached hydrogens (tertiary/aromatic N) is 4. The van der Waals surface area contributed by atoms with Crippen molar-refractivity contribution in [2.24, 2.45) is 0 Å². The molecule has 4 aromatic rings. The molecule has 1 N–H and O–H groups in total. The first-order valence-electron chi connectivity index (χ1n) is 8.41. The van der Waals surface area contributed by atoms with E-state index in [4.69, 9.17) is 0 Å². The summed E-state index contributed by atoms with van der Waals surface area (Å²) in [6, 6.07) is 11.7. The summed E-state index contributed by atoms with van der Waals surface area (Å²) in [4.78, 5) is 8.63. The van der Waals surface area contributed by atoms with Crippen LogP contribution in [0.1, 0.15) is 12.8 Å². The Bertz CT molecular complexity index is 1110. The highest BCUT2D eigenvalue weighted by Crippen LogP contribution is 2.38. The molecule has 130 valence electrons. The average molecular weight is 351 g/mol. The Labute approximate surface area is 147 Å². The molecule has 0 unspecified atom stereocenters. The smallest absolute Gasteiger partial charge is 0.252 e. The maximum absolute atomic E-state index is 13.0. The fraction of sp³-hybridized carbons (Fsp3) is 0.211. The third-order valence-electron chi connectivity index (χ3n) is 4.75. The van der Waals surface area contributed by atoms with Crippen LogP contribution in [0.3, 0.4) is 0 Å². The topological polar surface area (TPSA) is 55.1 Å². The second-order valence-electron chi connectivity index (χ2n) is 6.66. The monoisotopic (exact) mass is 351 g/mol. The van der Waals surface area contributed by atoms with Gasteiger partial charge < -0.3 is 5.32 Å². The highest BCUT2D eigenvalue weighted by atomic mass is 19.3. The van der Waals surface area contributed by atoms with Gasteiger partial charge in [-0.2, -0.15) is 0 Å². The summed E-state index contributed by atoms with van der Waals surface area (Å²) in [6.45, 7) is 0. The zero-order valence-corrected chi connectivity index (χ0v) is 13.7. The van der Waals surface area contributed by atoms with Gasteiger partial charge in [0.25, 0.3) is 5.92 Å². The van der Waals surface area contributed by atoms with Crippen molar-refractivity contribution in [1.29, 1.82) is 0 Å². The molecular formula is C19H15F2N5. The SMILES string of the molecule is FC1(F)CC(Nc2ncc3c(-c4ccc5ncccc5c4)ccn3n2)C1. The third-order valence-corrected chi connectivity index (χ3v) is 4.75. The van der Waals surface area contributed by atoms with Crippen LogP contribution in [0, 0.1) is 0 Å². The summed E-state index contributed by atoms with van der Waals surface area (Å²) in [7, 11) is 0. The number of alkyl halides is 2. The Balaban J connectivity index is 1.47. The number of pyridine rings is 1. The molecule has 0 bridgehead atoms. The zero-order valence-electron chi connectivity index (χ0n) is 13.7. The van der Waals surface area contributed by atoms with Gasteiger partial charge in [-0.1, -0.05) is 12.1 Å². The molecule has 5 nitrogen and oxygen atoms in total. The average Bonchev–Trinajstić information content (AvgIpc) is 3.03. The van der Waals surface area contributed by atoms with Gasteiger partial charge in [0.2, 0.25) is 5.95 Å². The number of hydrogen-bond acceptors (Lipinski definition) is 4. The molecule has 1 aromatic carbocycles. The van der Waals surface area contributed by atoms with E-state index in [1.54, 1.807) is 16.9 Å². The standard InChI is InChI=1S/C19H15F2N5/c20-19(21)9-14(10-19)24-18-23-11-17-15(5-7-26(17)25-18)12-3-4-16-13(8-12)2-1-6-22-16/h1-8,11,14H,9-10H2,(H,24,25). The van der Waals surface area contributed by atoms with Crippen molar-refractivity contribution in [1.82, 2.24) is 19.6 Å². The van der Waals surface area contributed by atoms with Crippen LogP contribution in [0.25, 0.3) is 27.5 Å². The Morgan fingerprint density at radius 1 is 1.12 bits per heavy atom. The normalized spacial score (nSPS) is 16.7. The molecule has 0 amide bonds. The molecule has 0 radical (unpaired) electrons. The zero-order chi connectivity index (χ0) is 17.7. The lowest BCUT2D eigenvalue weighted by atomic mass is 9.88. The lowest BCUT2D eigenvalue weighted by molar-refractivity contribution is -0.0794. The van der Waals surface area contributed by atoms with Gasteiger partial charge in [-0.15, -0.1) is 5.10 Å². The molecule has 0 saturated heterocycles. The summed E-state index contributed by atoms with van der Waals surface area (Å²) >= 11 is 0. The van der Waals surface area contributed by atoms with Crippen LogP contribution in [0.2, 0.25) is 0 Å². The van der Waals surface area contributed by atoms with Gasteiger partial charge in [0.1, 0.15) is 0 Å². The molecule has 1 fully saturated rings. The van der Waals surface area contributed by atoms with Crippen molar-refractivity contribution in [3.8, 4) is 11.1 Å². The van der Waals surface area contributed by atoms with Gasteiger partial charge in [0.05, 0.1) is 17.2 Å². The highest BCUT2D eigenvalue weighted by Gasteiger charge is 2.45. The first-order chi connectivity index (χ1) is 12.6. The number of anilines is 1. The van der Waals surface area contributed by atoms with Gasteiger partial charge in [-0.3, -0.25) is 4.98 Å². The van der Waals surface area contributed by atoms with Crippen LogP contribution in [0.15, 0.2) is 55.0 Å². The lowest BCUT2D eigenvalue weighted by Crippen LogP contribution is -2.44. The predicted molar refractivity (Wildman–Crippen MR) is 95.3 cm³/mol. The van der Waals surface area contributed by atoms with E-state index in [1.807, 2.05) is 36.5 Å². The Hall–Kier alpha value is -3.09. The molecule has 26 heavy (non-hydrogen) atoms. The van der Waals surface area contributed by atoms with Gasteiger partial charge in [-0.05, 0) is 29.8 Å². The van der Waals surface area contributed by atoms with Crippen LogP contribution < -0.4 is 5.32 Å². The molecular weight excluding hydrogens is 336 g/mol. The summed E-state index contributed by atoms with van der Waals surface area (Å²) in [5.41, 5.74) is 3.87. The number of halogens is 2. The van der Waals surface area contributed by atoms with Crippen LogP contribution in [-0.4, -0.2) is 31.5 Å². The van der Waals surface area contributed by atoms with Gasteiger partial charge in [0.15, 0.2) is 0 Å². The number of fused-ring (bicyclic) bond motifs is 2. The lowest BCUT2D eigenvalue weighted by Gasteiger charge is -2.35. The predicted octanol–water partition coefficient (Wildman–Crippen LogP) is 4.15. The number of aromatic nitrogens is 4. The maximum atomic E-state index is 13.0. The van der Waals surface area contributed by atoms with E-state index in [0.717, 1.165) is 27.5 Å². The van der Waals surface area contributed by atoms with E-state index in [9.17, 15) is 8.78 Å². The Morgan fingerprint density at radius 2 is 2.00 bits per heavy atom. The van der Waals surface area contributed by atoms with E-state index in [2.05, 4.69) is 26.4 Å². The quantitative estimate of drug-likeness (QED) is 0.602. The molecule has 0 spiro atoms. The summed E-state index contributed by atoms with van der Waals surface area (Å²) in [6.07, 6.45) is 5.00. The Morgan fingerprint density at radius 3 is 2.85 bits per heavy atom. The minimum Gasteiger partial charge on any atom is -0.350 e. The summed E-state index contributed by atoms with van der Waals surface area (Å²) in [5.74, 6) is -2.20. The van der Waals surface area contributed by atoms with E-state index >= 15 is 0 Å². The molecule has 1 aliphatic rings. The molecule has 7 heteroatoms. The fourth-order valence-electron chi connectivity index (χ4n) is 3.40. The van der Waals surface area contributed by atoms with E-state index in [0.29, 0.717) is 5.95 Å². The number of nitrogens with one attached hydrogen (secondary N) is 1. The molecule has 5 rings (SSSR count). The Kier molecular flexibility index (Phi) is 3.19. The largest absolute Gasteiger partial charge is 0.350 e. The fourth-order valence-corrected chi connectivity index (χ4v) is 3.40. The van der Waals surface area contributed by atoms with Crippen molar-refractivity contribution in [3.63, 3.8) is 0 Å². The molecule has 0 atom stereocenters. The molecule has 0 aliphatic heterocycles. The van der Waals surface area contributed by atoms with Crippen LogP contribution >= 0.6 is 0 Å². The van der Waals surface area contributed by atoms with Crippen molar-refractivity contribution in [2.45, 2.75) is 24.8 Å². The van der Waals surface area contributed by atoms with E-state index < -0.39 is 5.92 Å². The van der Waals surface area contributed by atoms with Crippen LogP contribution in [-0.2, 0) is 0 Å². The first kappa shape index (κ1) is 15.2. The maximum Gasteiger partial charge on any atom is 0.252 e. The summed E-state index contributed by atoms with van der Waals surface area (Å²) < 4.78 is 27.6. The number of rotatable bonds is 3. The van der Waals surface area contributed by atoms with Crippen molar-refractivity contribution >= 4 is 22.4 Å². The number of benzene rings is 1. The third kappa shape index (κ3) is 2.56. The first-order valence-corrected chi connectivity index (χ1v) is 8.41. The van der Waals surface area contributed by atoms with Gasteiger partial charge in [-0.25, -0.2) is 18.3 Å². The van der Waals surface area contributed by atoms with Crippen molar-refractivity contribution < 1.29 is 8.78 Å². The molecule has 1 aliphatic carbocycles. The van der Waals surface area contributed by atoms with E-state index in [-0.39, 0.29) is 18.9 Å². The van der Waals surface area contributed by atoms with E-state index in [1.165, 1.54) is 0 Å². The minimum atomic E-state index is -2.56. The van der Waals surface area contributed by atoms with Gasteiger partial charge in [0, 0.05) is 42.2 Å². The van der Waals surface area contributed by atoms with Crippen molar-refractivity contribution in [3.05, 3.63) is 55.0 Å². The molecule has 3 aromatic heterocycles. The minimum absolute atomic E-state index is 0.170. The number of hydrogen-bond donors (Lipinski definition) is 1. The highest BCUT2D eigenvalue weighted by molar-refractivity contribution is 5.88. The molecule has 1 saturated carbocycles. The van der Waals surface area contributed by atoms with Crippen LogP contribution in [0.5, 0.6) is 0 Å². The second-order valence-corrected chi connectivity index (χ2v) is 6.66. The summed E-state index contributed by atoms with van der Waals surface area (Å²) in [5, 5.41) is 8.42.